The fourth-order valence-corrected chi connectivity index (χ4v) is 1.89. The summed E-state index contributed by atoms with van der Waals surface area (Å²) in [5.74, 6) is -0.991. The van der Waals surface area contributed by atoms with Gasteiger partial charge in [0.1, 0.15) is 5.52 Å². The van der Waals surface area contributed by atoms with Crippen molar-refractivity contribution in [2.24, 2.45) is 7.05 Å². The number of nitrogens with zero attached hydrogens (tertiary/aromatic N) is 3. The summed E-state index contributed by atoms with van der Waals surface area (Å²) in [6, 6.07) is 5.00. The van der Waals surface area contributed by atoms with E-state index in [1.165, 1.54) is 22.9 Å². The topological polar surface area (TPSA) is 85.0 Å². The molecular formula is C13H10F3N5O2. The molecule has 3 rings (SSSR count). The minimum Gasteiger partial charge on any atom is -0.433 e. The third kappa shape index (κ3) is 3.25. The molecule has 2 aromatic heterocycles. The highest BCUT2D eigenvalue weighted by Crippen LogP contribution is 2.31. The Morgan fingerprint density at radius 3 is 2.70 bits per heavy atom. The summed E-state index contributed by atoms with van der Waals surface area (Å²) in [6.07, 6.45) is -3.02. The molecule has 0 aliphatic heterocycles. The Labute approximate surface area is 127 Å². The number of hydrogen-bond donors (Lipinski definition) is 2. The van der Waals surface area contributed by atoms with E-state index in [4.69, 9.17) is 0 Å². The van der Waals surface area contributed by atoms with Crippen molar-refractivity contribution in [3.63, 3.8) is 0 Å². The van der Waals surface area contributed by atoms with Gasteiger partial charge < -0.3 is 9.73 Å². The van der Waals surface area contributed by atoms with Gasteiger partial charge in [-0.3, -0.25) is 10.00 Å². The van der Waals surface area contributed by atoms with E-state index in [-0.39, 0.29) is 16.8 Å². The van der Waals surface area contributed by atoms with Crippen LogP contribution in [0.25, 0.3) is 11.1 Å². The summed E-state index contributed by atoms with van der Waals surface area (Å²) in [7, 11) is 1.69. The van der Waals surface area contributed by atoms with Gasteiger partial charge in [-0.25, -0.2) is 9.78 Å². The highest BCUT2D eigenvalue weighted by molar-refractivity contribution is 6.00. The van der Waals surface area contributed by atoms with Crippen LogP contribution in [0.3, 0.4) is 0 Å². The zero-order valence-corrected chi connectivity index (χ0v) is 11.7. The first-order chi connectivity index (χ1) is 10.8. The van der Waals surface area contributed by atoms with Crippen LogP contribution < -0.4 is 10.6 Å². The number of benzene rings is 1. The predicted molar refractivity (Wildman–Crippen MR) is 74.9 cm³/mol. The number of urea groups is 1. The summed E-state index contributed by atoms with van der Waals surface area (Å²) < 4.78 is 43.7. The van der Waals surface area contributed by atoms with Gasteiger partial charge in [0.05, 0.1) is 0 Å². The molecule has 3 aromatic rings. The molecule has 0 saturated carbocycles. The number of alkyl halides is 3. The molecule has 10 heteroatoms. The fraction of sp³-hybridized carbons (Fsp3) is 0.154. The monoisotopic (exact) mass is 325 g/mol. The van der Waals surface area contributed by atoms with Gasteiger partial charge >= 0.3 is 18.1 Å². The molecule has 0 aliphatic rings. The molecule has 0 bridgehead atoms. The number of aryl methyl sites for hydroxylation is 1. The van der Waals surface area contributed by atoms with E-state index in [0.29, 0.717) is 5.82 Å². The standard InChI is InChI=1S/C13H10F3N5O2/c1-21-5-4-10(20-21)19-12(22)17-7-2-3-9-8(6-7)18-11(23-9)13(14,15)16/h2-6H,1H3,(H2,17,19,20,22). The van der Waals surface area contributed by atoms with Crippen LogP contribution >= 0.6 is 0 Å². The minimum absolute atomic E-state index is 0.00652. The Morgan fingerprint density at radius 1 is 1.26 bits per heavy atom. The average molecular weight is 325 g/mol. The van der Waals surface area contributed by atoms with Crippen molar-refractivity contribution in [3.05, 3.63) is 36.4 Å². The predicted octanol–water partition coefficient (Wildman–Crippen LogP) is 3.22. The van der Waals surface area contributed by atoms with E-state index in [1.807, 2.05) is 0 Å². The van der Waals surface area contributed by atoms with Gasteiger partial charge in [-0.2, -0.15) is 18.3 Å². The second-order valence-electron chi connectivity index (χ2n) is 4.65. The van der Waals surface area contributed by atoms with Crippen molar-refractivity contribution in [1.29, 1.82) is 0 Å². The van der Waals surface area contributed by atoms with Crippen LogP contribution in [0.4, 0.5) is 29.5 Å². The third-order valence-electron chi connectivity index (χ3n) is 2.84. The average Bonchev–Trinajstić information content (AvgIpc) is 3.04. The van der Waals surface area contributed by atoms with Crippen LogP contribution in [-0.2, 0) is 13.2 Å². The summed E-state index contributed by atoms with van der Waals surface area (Å²) in [5, 5.41) is 8.93. The minimum atomic E-state index is -4.66. The first-order valence-electron chi connectivity index (χ1n) is 6.37. The van der Waals surface area contributed by atoms with Crippen molar-refractivity contribution in [2.75, 3.05) is 10.6 Å². The van der Waals surface area contributed by atoms with Crippen molar-refractivity contribution < 1.29 is 22.4 Å². The Hall–Kier alpha value is -3.04. The summed E-state index contributed by atoms with van der Waals surface area (Å²) in [5.41, 5.74) is 0.244. The Morgan fingerprint density at radius 2 is 2.04 bits per heavy atom. The zero-order valence-electron chi connectivity index (χ0n) is 11.7. The maximum absolute atomic E-state index is 12.5. The van der Waals surface area contributed by atoms with Gasteiger partial charge in [0, 0.05) is 25.0 Å². The molecule has 0 fully saturated rings. The lowest BCUT2D eigenvalue weighted by Gasteiger charge is -2.05. The number of nitrogens with one attached hydrogen (secondary N) is 2. The summed E-state index contributed by atoms with van der Waals surface area (Å²) in [4.78, 5) is 15.2. The third-order valence-corrected chi connectivity index (χ3v) is 2.84. The maximum Gasteiger partial charge on any atom is 0.468 e. The molecular weight excluding hydrogens is 315 g/mol. The summed E-state index contributed by atoms with van der Waals surface area (Å²) in [6.45, 7) is 0. The molecule has 23 heavy (non-hydrogen) atoms. The van der Waals surface area contributed by atoms with Crippen molar-refractivity contribution in [2.45, 2.75) is 6.18 Å². The molecule has 0 unspecified atom stereocenters. The van der Waals surface area contributed by atoms with E-state index in [9.17, 15) is 18.0 Å². The first kappa shape index (κ1) is 14.9. The summed E-state index contributed by atoms with van der Waals surface area (Å²) >= 11 is 0. The maximum atomic E-state index is 12.5. The van der Waals surface area contributed by atoms with E-state index < -0.39 is 18.1 Å². The number of oxazole rings is 1. The number of rotatable bonds is 2. The second-order valence-corrected chi connectivity index (χ2v) is 4.65. The lowest BCUT2D eigenvalue weighted by atomic mass is 10.3. The Kier molecular flexibility index (Phi) is 3.43. The van der Waals surface area contributed by atoms with Crippen molar-refractivity contribution in [1.82, 2.24) is 14.8 Å². The number of halogens is 3. The van der Waals surface area contributed by atoms with Crippen LogP contribution in [0, 0.1) is 0 Å². The van der Waals surface area contributed by atoms with E-state index in [1.54, 1.807) is 19.3 Å². The van der Waals surface area contributed by atoms with E-state index in [2.05, 4.69) is 25.1 Å². The Bertz CT molecular complexity index is 868. The number of aromatic nitrogens is 3. The zero-order chi connectivity index (χ0) is 16.6. The Balaban J connectivity index is 1.76. The second kappa shape index (κ2) is 5.30. The van der Waals surface area contributed by atoms with Crippen LogP contribution in [-0.4, -0.2) is 20.8 Å². The van der Waals surface area contributed by atoms with Crippen LogP contribution in [0.15, 0.2) is 34.9 Å². The molecule has 2 N–H and O–H groups in total. The van der Waals surface area contributed by atoms with E-state index >= 15 is 0 Å². The molecule has 2 amide bonds. The smallest absolute Gasteiger partial charge is 0.433 e. The quantitative estimate of drug-likeness (QED) is 0.757. The van der Waals surface area contributed by atoms with Gasteiger partial charge in [0.25, 0.3) is 0 Å². The number of fused-ring (bicyclic) bond motifs is 1. The molecule has 1 aromatic carbocycles. The molecule has 2 heterocycles. The van der Waals surface area contributed by atoms with Crippen molar-refractivity contribution in [3.8, 4) is 0 Å². The molecule has 0 spiro atoms. The molecule has 120 valence electrons. The molecule has 0 radical (unpaired) electrons. The lowest BCUT2D eigenvalue weighted by molar-refractivity contribution is -0.156. The molecule has 0 atom stereocenters. The van der Waals surface area contributed by atoms with Gasteiger partial charge in [-0.15, -0.1) is 0 Å². The molecule has 0 aliphatic carbocycles. The number of carbonyl (C=O) groups excluding carboxylic acids is 1. The first-order valence-corrected chi connectivity index (χ1v) is 6.37. The van der Waals surface area contributed by atoms with Crippen LogP contribution in [0.2, 0.25) is 0 Å². The molecule has 0 saturated heterocycles. The number of anilines is 2. The van der Waals surface area contributed by atoms with Crippen LogP contribution in [0.1, 0.15) is 5.89 Å². The van der Waals surface area contributed by atoms with Gasteiger partial charge in [-0.1, -0.05) is 0 Å². The highest BCUT2D eigenvalue weighted by Gasteiger charge is 2.37. The number of amides is 2. The SMILES string of the molecule is Cn1ccc(NC(=O)Nc2ccc3oc(C(F)(F)F)nc3c2)n1. The normalized spacial score (nSPS) is 11.7. The van der Waals surface area contributed by atoms with Gasteiger partial charge in [0.2, 0.25) is 0 Å². The fourth-order valence-electron chi connectivity index (χ4n) is 1.89. The van der Waals surface area contributed by atoms with E-state index in [0.717, 1.165) is 0 Å². The highest BCUT2D eigenvalue weighted by atomic mass is 19.4. The lowest BCUT2D eigenvalue weighted by Crippen LogP contribution is -2.19. The van der Waals surface area contributed by atoms with Gasteiger partial charge in [-0.05, 0) is 18.2 Å². The van der Waals surface area contributed by atoms with Gasteiger partial charge in [0.15, 0.2) is 11.4 Å². The molecule has 7 nitrogen and oxygen atoms in total. The number of carbonyl (C=O) groups is 1. The van der Waals surface area contributed by atoms with Crippen LogP contribution in [0.5, 0.6) is 0 Å². The van der Waals surface area contributed by atoms with Crippen molar-refractivity contribution >= 4 is 28.6 Å². The largest absolute Gasteiger partial charge is 0.468 e. The number of hydrogen-bond acceptors (Lipinski definition) is 4.